The van der Waals surface area contributed by atoms with Crippen LogP contribution in [0.3, 0.4) is 0 Å². The van der Waals surface area contributed by atoms with Gasteiger partial charge in [0.05, 0.1) is 18.8 Å². The summed E-state index contributed by atoms with van der Waals surface area (Å²) in [6.45, 7) is 7.66. The van der Waals surface area contributed by atoms with Crippen LogP contribution in [0.25, 0.3) is 0 Å². The Labute approximate surface area is 267 Å². The summed E-state index contributed by atoms with van der Waals surface area (Å²) < 4.78 is 39.8. The zero-order chi connectivity index (χ0) is 32.3. The quantitative estimate of drug-likeness (QED) is 0.201. The lowest BCUT2D eigenvalue weighted by Crippen LogP contribution is -2.46. The van der Waals surface area contributed by atoms with E-state index in [2.05, 4.69) is 27.2 Å². The number of ketones is 1. The lowest BCUT2D eigenvalue weighted by molar-refractivity contribution is 0.0121. The van der Waals surface area contributed by atoms with E-state index < -0.39 is 17.2 Å². The van der Waals surface area contributed by atoms with Crippen LogP contribution in [0, 0.1) is 17.6 Å². The second-order valence-electron chi connectivity index (χ2n) is 12.2. The summed E-state index contributed by atoms with van der Waals surface area (Å²) in [6.07, 6.45) is 0.589. The van der Waals surface area contributed by atoms with Crippen LogP contribution in [0.5, 0.6) is 5.75 Å². The van der Waals surface area contributed by atoms with Gasteiger partial charge in [-0.25, -0.2) is 8.78 Å². The molecule has 0 spiro atoms. The van der Waals surface area contributed by atoms with E-state index in [4.69, 9.17) is 9.47 Å². The standard InChI is InChI=1S/C37H37F2N3O4/c1-25(43)27-4-3-5-28(20-27)36(44)40-30-7-9-31(10-8-30)41-16-18-42(19-17-41)32-11-13-33(14-12-32)45-23-26-22-37(2,46-24-26)34-15-6-29(38)21-35(34)39/h3-15,20-21,26H,16-19,22-24H2,1-2H3,(H,40,44)/t26-,37-/m1/s1. The van der Waals surface area contributed by atoms with Crippen LogP contribution < -0.4 is 19.9 Å². The summed E-state index contributed by atoms with van der Waals surface area (Å²) in [5, 5.41) is 2.91. The van der Waals surface area contributed by atoms with Gasteiger partial charge in [0.1, 0.15) is 17.4 Å². The molecule has 2 saturated heterocycles. The molecule has 9 heteroatoms. The van der Waals surface area contributed by atoms with Gasteiger partial charge >= 0.3 is 0 Å². The monoisotopic (exact) mass is 625 g/mol. The van der Waals surface area contributed by atoms with Crippen molar-refractivity contribution in [3.8, 4) is 5.75 Å². The van der Waals surface area contributed by atoms with Crippen LogP contribution >= 0.6 is 0 Å². The predicted molar refractivity (Wildman–Crippen MR) is 175 cm³/mol. The Bertz CT molecular complexity index is 1700. The van der Waals surface area contributed by atoms with Crippen molar-refractivity contribution in [1.29, 1.82) is 0 Å². The van der Waals surface area contributed by atoms with Gasteiger partial charge in [-0.2, -0.15) is 0 Å². The van der Waals surface area contributed by atoms with Gasteiger partial charge in [0, 0.05) is 71.9 Å². The van der Waals surface area contributed by atoms with Crippen LogP contribution in [-0.2, 0) is 10.3 Å². The highest BCUT2D eigenvalue weighted by molar-refractivity contribution is 6.06. The van der Waals surface area contributed by atoms with Crippen molar-refractivity contribution < 1.29 is 27.8 Å². The van der Waals surface area contributed by atoms with Crippen LogP contribution in [0.1, 0.15) is 46.5 Å². The maximum atomic E-state index is 14.4. The van der Waals surface area contributed by atoms with E-state index in [0.29, 0.717) is 42.0 Å². The summed E-state index contributed by atoms with van der Waals surface area (Å²) >= 11 is 0. The molecule has 7 nitrogen and oxygen atoms in total. The summed E-state index contributed by atoms with van der Waals surface area (Å²) in [6, 6.07) is 26.2. The molecule has 0 saturated carbocycles. The third kappa shape index (κ3) is 7.05. The molecule has 2 atom stereocenters. The Morgan fingerprint density at radius 1 is 0.870 bits per heavy atom. The van der Waals surface area contributed by atoms with E-state index in [1.54, 1.807) is 24.3 Å². The Morgan fingerprint density at radius 3 is 2.13 bits per heavy atom. The Balaban J connectivity index is 0.964. The number of ether oxygens (including phenoxy) is 2. The number of carbonyl (C=O) groups excluding carboxylic acids is 2. The number of hydrogen-bond donors (Lipinski definition) is 1. The number of nitrogens with zero attached hydrogens (tertiary/aromatic N) is 2. The molecule has 2 heterocycles. The Kier molecular flexibility index (Phi) is 9.03. The molecule has 0 unspecified atom stereocenters. The number of Topliss-reactive ketones (excluding diaryl/α,β-unsaturated/α-hetero) is 1. The van der Waals surface area contributed by atoms with Gasteiger partial charge in [-0.15, -0.1) is 0 Å². The third-order valence-corrected chi connectivity index (χ3v) is 8.81. The zero-order valence-electron chi connectivity index (χ0n) is 26.0. The van der Waals surface area contributed by atoms with E-state index in [9.17, 15) is 18.4 Å². The van der Waals surface area contributed by atoms with Crippen LogP contribution in [0.2, 0.25) is 0 Å². The van der Waals surface area contributed by atoms with Gasteiger partial charge in [-0.3, -0.25) is 9.59 Å². The van der Waals surface area contributed by atoms with E-state index >= 15 is 0 Å². The van der Waals surface area contributed by atoms with Crippen LogP contribution in [0.4, 0.5) is 25.8 Å². The van der Waals surface area contributed by atoms with Crippen molar-refractivity contribution in [3.63, 3.8) is 0 Å². The van der Waals surface area contributed by atoms with Crippen LogP contribution in [-0.4, -0.2) is 51.1 Å². The fourth-order valence-corrected chi connectivity index (χ4v) is 6.21. The van der Waals surface area contributed by atoms with Crippen molar-refractivity contribution in [2.45, 2.75) is 25.9 Å². The molecular formula is C37H37F2N3O4. The highest BCUT2D eigenvalue weighted by Crippen LogP contribution is 2.40. The fraction of sp³-hybridized carbons (Fsp3) is 0.297. The van der Waals surface area contributed by atoms with Crippen molar-refractivity contribution in [2.24, 2.45) is 5.92 Å². The molecule has 1 N–H and O–H groups in total. The molecule has 2 aliphatic heterocycles. The number of rotatable bonds is 9. The molecule has 0 aromatic heterocycles. The number of carbonyl (C=O) groups is 2. The zero-order valence-corrected chi connectivity index (χ0v) is 26.0. The van der Waals surface area contributed by atoms with Gasteiger partial charge < -0.3 is 24.6 Å². The molecule has 0 radical (unpaired) electrons. The SMILES string of the molecule is CC(=O)c1cccc(C(=O)Nc2ccc(N3CCN(c4ccc(OC[C@@H]5CO[C@@](C)(c6ccc(F)cc6F)C5)cc4)CC3)cc2)c1. The average Bonchev–Trinajstić information content (AvgIpc) is 3.45. The first kappa shape index (κ1) is 31.2. The molecule has 2 aliphatic rings. The molecule has 46 heavy (non-hydrogen) atoms. The van der Waals surface area contributed by atoms with Gasteiger partial charge in [0.15, 0.2) is 5.78 Å². The summed E-state index contributed by atoms with van der Waals surface area (Å²) in [7, 11) is 0. The van der Waals surface area contributed by atoms with Gasteiger partial charge in [-0.05, 0) is 87.0 Å². The van der Waals surface area contributed by atoms with E-state index in [-0.39, 0.29) is 17.6 Å². The van der Waals surface area contributed by atoms with Gasteiger partial charge in [-0.1, -0.05) is 18.2 Å². The van der Waals surface area contributed by atoms with E-state index in [0.717, 1.165) is 49.4 Å². The minimum absolute atomic E-state index is 0.0787. The molecule has 2 fully saturated rings. The normalized spacial score (nSPS) is 19.6. The number of benzene rings is 4. The highest BCUT2D eigenvalue weighted by atomic mass is 19.1. The van der Waals surface area contributed by atoms with Crippen LogP contribution in [0.15, 0.2) is 91.0 Å². The number of hydrogen-bond acceptors (Lipinski definition) is 6. The minimum atomic E-state index is -0.805. The number of nitrogens with one attached hydrogen (secondary N) is 1. The molecule has 4 aromatic carbocycles. The average molecular weight is 626 g/mol. The largest absolute Gasteiger partial charge is 0.493 e. The van der Waals surface area contributed by atoms with E-state index in [1.165, 1.54) is 19.1 Å². The number of amides is 1. The maximum Gasteiger partial charge on any atom is 0.255 e. The second kappa shape index (κ2) is 13.3. The first-order valence-corrected chi connectivity index (χ1v) is 15.5. The molecule has 1 amide bonds. The molecule has 6 rings (SSSR count). The Hall–Kier alpha value is -4.76. The minimum Gasteiger partial charge on any atom is -0.493 e. The van der Waals surface area contributed by atoms with Gasteiger partial charge in [0.25, 0.3) is 5.91 Å². The topological polar surface area (TPSA) is 71.1 Å². The van der Waals surface area contributed by atoms with Crippen molar-refractivity contribution in [3.05, 3.63) is 119 Å². The van der Waals surface area contributed by atoms with Crippen molar-refractivity contribution in [1.82, 2.24) is 0 Å². The number of piperazine rings is 1. The number of anilines is 3. The Morgan fingerprint density at radius 2 is 1.50 bits per heavy atom. The van der Waals surface area contributed by atoms with Gasteiger partial charge in [0.2, 0.25) is 0 Å². The predicted octanol–water partition coefficient (Wildman–Crippen LogP) is 7.08. The first-order chi connectivity index (χ1) is 22.2. The smallest absolute Gasteiger partial charge is 0.255 e. The van der Waals surface area contributed by atoms with Crippen molar-refractivity contribution in [2.75, 3.05) is 54.5 Å². The summed E-state index contributed by atoms with van der Waals surface area (Å²) in [4.78, 5) is 29.0. The molecular weight excluding hydrogens is 588 g/mol. The highest BCUT2D eigenvalue weighted by Gasteiger charge is 2.40. The molecule has 238 valence electrons. The lowest BCUT2D eigenvalue weighted by Gasteiger charge is -2.37. The van der Waals surface area contributed by atoms with Crippen molar-refractivity contribution >= 4 is 28.8 Å². The summed E-state index contributed by atoms with van der Waals surface area (Å²) in [5.74, 6) is -0.660. The molecule has 0 aliphatic carbocycles. The van der Waals surface area contributed by atoms with E-state index in [1.807, 2.05) is 43.3 Å². The molecule has 4 aromatic rings. The maximum absolute atomic E-state index is 14.4. The lowest BCUT2D eigenvalue weighted by atomic mass is 9.89. The summed E-state index contributed by atoms with van der Waals surface area (Å²) in [5.41, 5.74) is 3.43. The fourth-order valence-electron chi connectivity index (χ4n) is 6.21. The molecule has 0 bridgehead atoms. The second-order valence-corrected chi connectivity index (χ2v) is 12.2. The third-order valence-electron chi connectivity index (χ3n) is 8.81. The number of halogens is 2. The first-order valence-electron chi connectivity index (χ1n) is 15.5.